The fraction of sp³-hybridized carbons (Fsp3) is 0.455. The third kappa shape index (κ3) is 7.82. The van der Waals surface area contributed by atoms with Gasteiger partial charge in [-0.25, -0.2) is 8.78 Å². The molecule has 2 rings (SSSR count). The number of phenols is 2. The van der Waals surface area contributed by atoms with Crippen molar-refractivity contribution in [2.45, 2.75) is 51.0 Å². The van der Waals surface area contributed by atoms with E-state index in [1.807, 2.05) is 0 Å². The molecular formula is C22H29F2NO3. The van der Waals surface area contributed by atoms with Crippen LogP contribution in [0, 0.1) is 11.6 Å². The molecule has 0 unspecified atom stereocenters. The van der Waals surface area contributed by atoms with Crippen LogP contribution < -0.4 is 5.32 Å². The van der Waals surface area contributed by atoms with Crippen LogP contribution in [0.5, 0.6) is 11.5 Å². The number of benzene rings is 2. The summed E-state index contributed by atoms with van der Waals surface area (Å²) in [6.07, 6.45) is 4.64. The largest absolute Gasteiger partial charge is 0.508 e. The minimum Gasteiger partial charge on any atom is -0.508 e. The average molecular weight is 393 g/mol. The fourth-order valence-electron chi connectivity index (χ4n) is 3.15. The summed E-state index contributed by atoms with van der Waals surface area (Å²) in [4.78, 5) is 0. The van der Waals surface area contributed by atoms with Gasteiger partial charge in [0.05, 0.1) is 6.10 Å². The summed E-state index contributed by atoms with van der Waals surface area (Å²) in [7, 11) is 0. The highest BCUT2D eigenvalue weighted by Crippen LogP contribution is 2.21. The summed E-state index contributed by atoms with van der Waals surface area (Å²) in [5, 5.41) is 32.5. The molecule has 0 aliphatic rings. The second kappa shape index (κ2) is 11.6. The lowest BCUT2D eigenvalue weighted by Gasteiger charge is -2.12. The number of phenolic OH excluding ortho intramolecular Hbond substituents is 2. The number of nitrogens with one attached hydrogen (secondary N) is 1. The van der Waals surface area contributed by atoms with Crippen molar-refractivity contribution in [1.29, 1.82) is 0 Å². The van der Waals surface area contributed by atoms with E-state index in [-0.39, 0.29) is 23.1 Å². The van der Waals surface area contributed by atoms with E-state index in [2.05, 4.69) is 5.32 Å². The number of aromatic hydroxyl groups is 2. The van der Waals surface area contributed by atoms with Crippen LogP contribution in [0.15, 0.2) is 36.4 Å². The number of unbranched alkanes of at least 4 members (excludes halogenated alkanes) is 2. The Morgan fingerprint density at radius 2 is 1.36 bits per heavy atom. The van der Waals surface area contributed by atoms with Gasteiger partial charge in [-0.05, 0) is 92.6 Å². The van der Waals surface area contributed by atoms with Crippen molar-refractivity contribution >= 4 is 0 Å². The van der Waals surface area contributed by atoms with Crippen LogP contribution in [-0.4, -0.2) is 34.5 Å². The van der Waals surface area contributed by atoms with Crippen LogP contribution >= 0.6 is 0 Å². The third-order valence-corrected chi connectivity index (χ3v) is 4.75. The summed E-state index contributed by atoms with van der Waals surface area (Å²) in [5.74, 6) is -0.492. The summed E-state index contributed by atoms with van der Waals surface area (Å²) >= 11 is 0. The molecule has 0 bridgehead atoms. The summed E-state index contributed by atoms with van der Waals surface area (Å²) < 4.78 is 26.3. The molecule has 0 amide bonds. The Morgan fingerprint density at radius 3 is 1.96 bits per heavy atom. The number of rotatable bonds is 12. The summed E-state index contributed by atoms with van der Waals surface area (Å²) in [6, 6.07) is 7.88. The van der Waals surface area contributed by atoms with Gasteiger partial charge >= 0.3 is 0 Å². The van der Waals surface area contributed by atoms with Gasteiger partial charge in [0.15, 0.2) is 0 Å². The van der Waals surface area contributed by atoms with Crippen molar-refractivity contribution in [2.24, 2.45) is 0 Å². The third-order valence-electron chi connectivity index (χ3n) is 4.75. The van der Waals surface area contributed by atoms with Gasteiger partial charge in [0.1, 0.15) is 23.1 Å². The van der Waals surface area contributed by atoms with E-state index in [0.717, 1.165) is 25.8 Å². The van der Waals surface area contributed by atoms with Crippen molar-refractivity contribution in [3.63, 3.8) is 0 Å². The minimum atomic E-state index is -0.486. The standard InChI is InChI=1S/C22H29F2NO3/c23-18-8-10-21(27)16(13-18)5-2-1-3-12-25-15-20(26)7-4-6-17-14-19(24)9-11-22(17)28/h8-11,13-14,20,25-28H,1-7,12,15H2/t20-/m1/s1. The van der Waals surface area contributed by atoms with Crippen LogP contribution in [0.2, 0.25) is 0 Å². The van der Waals surface area contributed by atoms with Gasteiger partial charge < -0.3 is 20.6 Å². The molecule has 6 heteroatoms. The second-order valence-electron chi connectivity index (χ2n) is 7.11. The Balaban J connectivity index is 1.51. The minimum absolute atomic E-state index is 0.0839. The van der Waals surface area contributed by atoms with Crippen LogP contribution in [0.25, 0.3) is 0 Å². The van der Waals surface area contributed by atoms with Crippen LogP contribution in [0.1, 0.15) is 43.2 Å². The number of aliphatic hydroxyl groups excluding tert-OH is 1. The first-order chi connectivity index (χ1) is 13.5. The lowest BCUT2D eigenvalue weighted by molar-refractivity contribution is 0.159. The van der Waals surface area contributed by atoms with E-state index in [9.17, 15) is 24.1 Å². The zero-order valence-electron chi connectivity index (χ0n) is 16.0. The highest BCUT2D eigenvalue weighted by molar-refractivity contribution is 5.33. The van der Waals surface area contributed by atoms with E-state index < -0.39 is 6.10 Å². The van der Waals surface area contributed by atoms with Crippen molar-refractivity contribution in [3.05, 3.63) is 59.2 Å². The number of aliphatic hydroxyl groups is 1. The first-order valence-electron chi connectivity index (χ1n) is 9.79. The average Bonchev–Trinajstić information content (AvgIpc) is 2.66. The molecule has 0 radical (unpaired) electrons. The smallest absolute Gasteiger partial charge is 0.123 e. The maximum atomic E-state index is 13.2. The van der Waals surface area contributed by atoms with Crippen LogP contribution in [0.3, 0.4) is 0 Å². The molecule has 0 saturated heterocycles. The van der Waals surface area contributed by atoms with Crippen molar-refractivity contribution in [3.8, 4) is 11.5 Å². The fourth-order valence-corrected chi connectivity index (χ4v) is 3.15. The number of halogens is 2. The molecule has 2 aromatic rings. The van der Waals surface area contributed by atoms with Gasteiger partial charge in [-0.3, -0.25) is 0 Å². The number of aryl methyl sites for hydroxylation is 2. The second-order valence-corrected chi connectivity index (χ2v) is 7.11. The highest BCUT2D eigenvalue weighted by Gasteiger charge is 2.07. The molecule has 0 aliphatic carbocycles. The molecule has 0 saturated carbocycles. The molecule has 4 N–H and O–H groups in total. The maximum absolute atomic E-state index is 13.2. The molecule has 0 aromatic heterocycles. The van der Waals surface area contributed by atoms with Gasteiger partial charge in [-0.1, -0.05) is 6.42 Å². The monoisotopic (exact) mass is 393 g/mol. The normalized spacial score (nSPS) is 12.2. The maximum Gasteiger partial charge on any atom is 0.123 e. The van der Waals surface area contributed by atoms with Crippen molar-refractivity contribution in [2.75, 3.05) is 13.1 Å². The lowest BCUT2D eigenvalue weighted by Crippen LogP contribution is -2.27. The molecule has 2 aromatic carbocycles. The van der Waals surface area contributed by atoms with Gasteiger partial charge in [0.25, 0.3) is 0 Å². The van der Waals surface area contributed by atoms with E-state index in [1.165, 1.54) is 36.4 Å². The van der Waals surface area contributed by atoms with Crippen molar-refractivity contribution < 1.29 is 24.1 Å². The Hall–Kier alpha value is -2.18. The predicted molar refractivity (Wildman–Crippen MR) is 105 cm³/mol. The summed E-state index contributed by atoms with van der Waals surface area (Å²) in [6.45, 7) is 1.26. The molecular weight excluding hydrogens is 364 g/mol. The lowest BCUT2D eigenvalue weighted by atomic mass is 10.0. The molecule has 154 valence electrons. The molecule has 1 atom stereocenters. The molecule has 0 aliphatic heterocycles. The van der Waals surface area contributed by atoms with Gasteiger partial charge in [-0.15, -0.1) is 0 Å². The van der Waals surface area contributed by atoms with E-state index >= 15 is 0 Å². The van der Waals surface area contributed by atoms with Crippen molar-refractivity contribution in [1.82, 2.24) is 5.32 Å². The highest BCUT2D eigenvalue weighted by atomic mass is 19.1. The predicted octanol–water partition coefficient (Wildman–Crippen LogP) is 4.06. The molecule has 0 heterocycles. The molecule has 28 heavy (non-hydrogen) atoms. The quantitative estimate of drug-likeness (QED) is 0.410. The van der Waals surface area contributed by atoms with Gasteiger partial charge in [0, 0.05) is 6.54 Å². The zero-order valence-corrected chi connectivity index (χ0v) is 16.0. The first-order valence-corrected chi connectivity index (χ1v) is 9.79. The van der Waals surface area contributed by atoms with E-state index in [0.29, 0.717) is 43.4 Å². The van der Waals surface area contributed by atoms with Crippen LogP contribution in [0.4, 0.5) is 8.78 Å². The van der Waals surface area contributed by atoms with Crippen LogP contribution in [-0.2, 0) is 12.8 Å². The topological polar surface area (TPSA) is 72.7 Å². The Bertz CT molecular complexity index is 740. The summed E-state index contributed by atoms with van der Waals surface area (Å²) in [5.41, 5.74) is 1.19. The Labute approximate surface area is 164 Å². The van der Waals surface area contributed by atoms with Gasteiger partial charge in [0.2, 0.25) is 0 Å². The van der Waals surface area contributed by atoms with E-state index in [1.54, 1.807) is 0 Å². The Kier molecular flexibility index (Phi) is 9.17. The SMILES string of the molecule is Oc1ccc(F)cc1CCCCCNC[C@H](O)CCCc1cc(F)ccc1O. The first kappa shape index (κ1) is 22.1. The molecule has 0 spiro atoms. The zero-order chi connectivity index (χ0) is 20.4. The Morgan fingerprint density at radius 1 is 0.786 bits per heavy atom. The number of hydrogen-bond donors (Lipinski definition) is 4. The van der Waals surface area contributed by atoms with Gasteiger partial charge in [-0.2, -0.15) is 0 Å². The van der Waals surface area contributed by atoms with E-state index in [4.69, 9.17) is 0 Å². The molecule has 0 fully saturated rings. The number of hydrogen-bond acceptors (Lipinski definition) is 4. The molecule has 4 nitrogen and oxygen atoms in total.